The van der Waals surface area contributed by atoms with E-state index in [-0.39, 0.29) is 11.6 Å². The quantitative estimate of drug-likeness (QED) is 0.312. The molecule has 0 aliphatic heterocycles. The highest BCUT2D eigenvalue weighted by atomic mass is 35.5. The number of halogens is 2. The van der Waals surface area contributed by atoms with Crippen LogP contribution in [0.2, 0.25) is 10.0 Å². The summed E-state index contributed by atoms with van der Waals surface area (Å²) in [5.41, 5.74) is 2.51. The van der Waals surface area contributed by atoms with Gasteiger partial charge in [0, 0.05) is 27.1 Å². The molecule has 4 aromatic rings. The van der Waals surface area contributed by atoms with E-state index in [1.807, 2.05) is 6.07 Å². The molecule has 0 spiro atoms. The highest BCUT2D eigenvalue weighted by Gasteiger charge is 2.31. The first-order chi connectivity index (χ1) is 13.5. The van der Waals surface area contributed by atoms with Crippen LogP contribution in [0.4, 0.5) is 0 Å². The molecule has 1 aliphatic rings. The molecule has 0 amide bonds. The molecule has 1 heterocycles. The zero-order chi connectivity index (χ0) is 19.4. The summed E-state index contributed by atoms with van der Waals surface area (Å²) < 4.78 is 1.66. The van der Waals surface area contributed by atoms with Crippen molar-refractivity contribution in [3.63, 3.8) is 0 Å². The van der Waals surface area contributed by atoms with Crippen molar-refractivity contribution in [2.45, 2.75) is 9.24 Å². The fourth-order valence-electron chi connectivity index (χ4n) is 3.24. The van der Waals surface area contributed by atoms with Crippen LogP contribution in [0.5, 0.6) is 0 Å². The van der Waals surface area contributed by atoms with Gasteiger partial charge in [-0.15, -0.1) is 11.3 Å². The van der Waals surface area contributed by atoms with Gasteiger partial charge in [-0.3, -0.25) is 9.59 Å². The molecule has 136 valence electrons. The van der Waals surface area contributed by atoms with E-state index in [1.54, 1.807) is 48.5 Å². The molecular formula is C21H9Cl2NO2S2. The minimum absolute atomic E-state index is 0.129. The zero-order valence-electron chi connectivity index (χ0n) is 14.0. The lowest BCUT2D eigenvalue weighted by molar-refractivity contribution is 0.0977. The van der Waals surface area contributed by atoms with Crippen LogP contribution < -0.4 is 0 Å². The van der Waals surface area contributed by atoms with Gasteiger partial charge in [0.1, 0.15) is 0 Å². The van der Waals surface area contributed by atoms with Crippen molar-refractivity contribution in [1.82, 2.24) is 4.98 Å². The topological polar surface area (TPSA) is 47.0 Å². The Balaban J connectivity index is 1.61. The van der Waals surface area contributed by atoms with Crippen LogP contribution in [-0.4, -0.2) is 16.6 Å². The lowest BCUT2D eigenvalue weighted by Gasteiger charge is -2.19. The fraction of sp³-hybridized carbons (Fsp3) is 0. The molecule has 1 aromatic heterocycles. The van der Waals surface area contributed by atoms with E-state index in [0.29, 0.717) is 37.2 Å². The van der Waals surface area contributed by atoms with Crippen molar-refractivity contribution in [3.05, 3.63) is 86.9 Å². The van der Waals surface area contributed by atoms with E-state index in [2.05, 4.69) is 4.98 Å². The highest BCUT2D eigenvalue weighted by molar-refractivity contribution is 8.01. The molecule has 5 rings (SSSR count). The number of hydrogen-bond acceptors (Lipinski definition) is 5. The van der Waals surface area contributed by atoms with Crippen LogP contribution in [-0.2, 0) is 0 Å². The van der Waals surface area contributed by atoms with Crippen LogP contribution in [0.25, 0.3) is 10.2 Å². The highest BCUT2D eigenvalue weighted by Crippen LogP contribution is 2.41. The first-order valence-corrected chi connectivity index (χ1v) is 10.7. The molecule has 0 radical (unpaired) electrons. The number of ketones is 2. The third kappa shape index (κ3) is 2.78. The first kappa shape index (κ1) is 17.9. The normalized spacial score (nSPS) is 12.9. The van der Waals surface area contributed by atoms with Gasteiger partial charge in [-0.1, -0.05) is 71.4 Å². The second-order valence-corrected chi connectivity index (χ2v) is 9.33. The lowest BCUT2D eigenvalue weighted by atomic mass is 9.84. The molecule has 0 saturated carbocycles. The molecular weight excluding hydrogens is 433 g/mol. The number of hydrogen-bond donors (Lipinski definition) is 0. The average Bonchev–Trinajstić information content (AvgIpc) is 3.07. The van der Waals surface area contributed by atoms with Crippen LogP contribution in [0.3, 0.4) is 0 Å². The summed E-state index contributed by atoms with van der Waals surface area (Å²) in [7, 11) is 0. The second kappa shape index (κ2) is 6.71. The van der Waals surface area contributed by atoms with Gasteiger partial charge in [0.2, 0.25) is 0 Å². The number of thiazole rings is 1. The van der Waals surface area contributed by atoms with Gasteiger partial charge in [0.15, 0.2) is 15.9 Å². The SMILES string of the molecule is O=C1c2ccccc2C(=O)c2c(Sc3nc4cc(Cl)c(Cl)cc4s3)cccc21. The number of rotatable bonds is 2. The smallest absolute Gasteiger partial charge is 0.195 e. The van der Waals surface area contributed by atoms with Crippen molar-refractivity contribution in [1.29, 1.82) is 0 Å². The Bertz CT molecular complexity index is 1270. The largest absolute Gasteiger partial charge is 0.289 e. The molecule has 3 aromatic carbocycles. The number of carbonyl (C=O) groups excluding carboxylic acids is 2. The minimum Gasteiger partial charge on any atom is -0.289 e. The number of benzene rings is 3. The molecule has 1 aliphatic carbocycles. The molecule has 0 saturated heterocycles. The van der Waals surface area contributed by atoms with Gasteiger partial charge in [-0.2, -0.15) is 0 Å². The van der Waals surface area contributed by atoms with Gasteiger partial charge >= 0.3 is 0 Å². The number of aromatic nitrogens is 1. The van der Waals surface area contributed by atoms with E-state index in [1.165, 1.54) is 23.1 Å². The molecule has 0 N–H and O–H groups in total. The summed E-state index contributed by atoms with van der Waals surface area (Å²) in [6.45, 7) is 0. The summed E-state index contributed by atoms with van der Waals surface area (Å²) in [5.74, 6) is -0.268. The van der Waals surface area contributed by atoms with E-state index >= 15 is 0 Å². The Morgan fingerprint density at radius 1 is 0.821 bits per heavy atom. The third-order valence-corrected chi connectivity index (χ3v) is 7.38. The third-order valence-electron chi connectivity index (χ3n) is 4.52. The second-order valence-electron chi connectivity index (χ2n) is 6.20. The monoisotopic (exact) mass is 441 g/mol. The summed E-state index contributed by atoms with van der Waals surface area (Å²) in [5, 5.41) is 0.925. The standard InChI is InChI=1S/C21H9Cl2NO2S2/c22-13-8-15-17(9-14(13)23)28-21(24-15)27-16-7-3-6-12-18(16)20(26)11-5-2-1-4-10(11)19(12)25/h1-9H. The van der Waals surface area contributed by atoms with Gasteiger partial charge in [0.05, 0.1) is 20.3 Å². The van der Waals surface area contributed by atoms with Crippen LogP contribution in [0, 0.1) is 0 Å². The van der Waals surface area contributed by atoms with Crippen LogP contribution in [0.1, 0.15) is 31.8 Å². The summed E-state index contributed by atoms with van der Waals surface area (Å²) in [6.07, 6.45) is 0. The van der Waals surface area contributed by atoms with Gasteiger partial charge < -0.3 is 0 Å². The van der Waals surface area contributed by atoms with Crippen molar-refractivity contribution >= 4 is 68.1 Å². The lowest BCUT2D eigenvalue weighted by Crippen LogP contribution is -2.21. The van der Waals surface area contributed by atoms with E-state index in [4.69, 9.17) is 23.2 Å². The van der Waals surface area contributed by atoms with Crippen LogP contribution >= 0.6 is 46.3 Å². The van der Waals surface area contributed by atoms with E-state index < -0.39 is 0 Å². The molecule has 7 heteroatoms. The molecule has 0 fully saturated rings. The zero-order valence-corrected chi connectivity index (χ0v) is 17.2. The first-order valence-electron chi connectivity index (χ1n) is 8.28. The number of carbonyl (C=O) groups is 2. The van der Waals surface area contributed by atoms with E-state index in [9.17, 15) is 9.59 Å². The molecule has 3 nitrogen and oxygen atoms in total. The van der Waals surface area contributed by atoms with Crippen molar-refractivity contribution in [2.24, 2.45) is 0 Å². The Morgan fingerprint density at radius 3 is 2.29 bits per heavy atom. The van der Waals surface area contributed by atoms with Crippen molar-refractivity contribution in [2.75, 3.05) is 0 Å². The summed E-state index contributed by atoms with van der Waals surface area (Å²) >= 11 is 15.0. The Hall–Kier alpha value is -2.18. The molecule has 28 heavy (non-hydrogen) atoms. The van der Waals surface area contributed by atoms with Gasteiger partial charge in [0.25, 0.3) is 0 Å². The predicted octanol–water partition coefficient (Wildman–Crippen LogP) is 6.53. The maximum absolute atomic E-state index is 13.1. The van der Waals surface area contributed by atoms with Crippen LogP contribution in [0.15, 0.2) is 63.8 Å². The molecule has 0 unspecified atom stereocenters. The van der Waals surface area contributed by atoms with E-state index in [0.717, 1.165) is 14.6 Å². The maximum Gasteiger partial charge on any atom is 0.195 e. The Labute approximate surface area is 178 Å². The van der Waals surface area contributed by atoms with Gasteiger partial charge in [-0.05, 0) is 18.2 Å². The summed E-state index contributed by atoms with van der Waals surface area (Å²) in [4.78, 5) is 31.3. The Kier molecular flexibility index (Phi) is 4.29. The number of nitrogens with zero attached hydrogens (tertiary/aromatic N) is 1. The number of fused-ring (bicyclic) bond motifs is 3. The predicted molar refractivity (Wildman–Crippen MR) is 114 cm³/mol. The summed E-state index contributed by atoms with van der Waals surface area (Å²) in [6, 6.07) is 15.8. The minimum atomic E-state index is -0.138. The molecule has 0 atom stereocenters. The fourth-order valence-corrected chi connectivity index (χ4v) is 5.83. The Morgan fingerprint density at radius 2 is 1.50 bits per heavy atom. The van der Waals surface area contributed by atoms with Crippen molar-refractivity contribution in [3.8, 4) is 0 Å². The average molecular weight is 442 g/mol. The van der Waals surface area contributed by atoms with Crippen molar-refractivity contribution < 1.29 is 9.59 Å². The van der Waals surface area contributed by atoms with Gasteiger partial charge in [-0.25, -0.2) is 4.98 Å². The maximum atomic E-state index is 13.1. The molecule has 0 bridgehead atoms.